The fourth-order valence-electron chi connectivity index (χ4n) is 1.36. The molecule has 0 aromatic heterocycles. The predicted molar refractivity (Wildman–Crippen MR) is 66.0 cm³/mol. The Labute approximate surface area is 99.1 Å². The molecule has 1 N–H and O–H groups in total. The monoisotopic (exact) mass is 240 g/mol. The van der Waals surface area contributed by atoms with E-state index < -0.39 is 4.92 Å². The summed E-state index contributed by atoms with van der Waals surface area (Å²) in [5.41, 5.74) is 0.354. The van der Waals surface area contributed by atoms with Crippen LogP contribution in [0.2, 0.25) is 5.02 Å². The van der Waals surface area contributed by atoms with Gasteiger partial charge in [0.2, 0.25) is 0 Å². The lowest BCUT2D eigenvalue weighted by molar-refractivity contribution is -0.384. The highest BCUT2D eigenvalue weighted by Gasteiger charge is 2.17. The molecule has 1 atom stereocenters. The van der Waals surface area contributed by atoms with Gasteiger partial charge in [-0.3, -0.25) is 10.1 Å². The van der Waals surface area contributed by atoms with Crippen LogP contribution >= 0.6 is 11.6 Å². The van der Waals surface area contributed by atoms with Crippen LogP contribution in [0.3, 0.4) is 0 Å². The van der Waals surface area contributed by atoms with Gasteiger partial charge in [0.1, 0.15) is 5.69 Å². The Morgan fingerprint density at radius 2 is 2.38 bits per heavy atom. The number of halogens is 1. The Balaban J connectivity index is 3.01. The van der Waals surface area contributed by atoms with E-state index in [1.807, 2.05) is 6.92 Å². The maximum atomic E-state index is 10.8. The van der Waals surface area contributed by atoms with Gasteiger partial charge in [0.15, 0.2) is 0 Å². The van der Waals surface area contributed by atoms with Gasteiger partial charge >= 0.3 is 0 Å². The van der Waals surface area contributed by atoms with Crippen LogP contribution in [0.25, 0.3) is 0 Å². The van der Waals surface area contributed by atoms with Crippen LogP contribution in [0.1, 0.15) is 13.3 Å². The third-order valence-corrected chi connectivity index (χ3v) is 2.41. The number of nitrogens with one attached hydrogen (secondary N) is 1. The van der Waals surface area contributed by atoms with E-state index in [1.54, 1.807) is 18.2 Å². The molecule has 0 aliphatic rings. The number of hydrogen-bond donors (Lipinski definition) is 1. The first-order valence-electron chi connectivity index (χ1n) is 4.86. The van der Waals surface area contributed by atoms with E-state index in [2.05, 4.69) is 11.9 Å². The average Bonchev–Trinajstić information content (AvgIpc) is 2.21. The van der Waals surface area contributed by atoms with Crippen LogP contribution in [0.5, 0.6) is 0 Å². The lowest BCUT2D eigenvalue weighted by Crippen LogP contribution is -2.15. The van der Waals surface area contributed by atoms with E-state index in [0.717, 1.165) is 0 Å². The molecule has 86 valence electrons. The number of hydrogen-bond acceptors (Lipinski definition) is 3. The van der Waals surface area contributed by atoms with Crippen LogP contribution in [-0.4, -0.2) is 11.0 Å². The van der Waals surface area contributed by atoms with E-state index in [4.69, 9.17) is 11.6 Å². The lowest BCUT2D eigenvalue weighted by Gasteiger charge is -2.14. The maximum absolute atomic E-state index is 10.8. The van der Waals surface area contributed by atoms with Crippen molar-refractivity contribution in [2.75, 3.05) is 5.32 Å². The summed E-state index contributed by atoms with van der Waals surface area (Å²) in [4.78, 5) is 10.4. The zero-order valence-corrected chi connectivity index (χ0v) is 9.70. The average molecular weight is 241 g/mol. The molecule has 0 aliphatic heterocycles. The fourth-order valence-corrected chi connectivity index (χ4v) is 1.59. The molecule has 0 spiro atoms. The largest absolute Gasteiger partial charge is 0.376 e. The van der Waals surface area contributed by atoms with Crippen molar-refractivity contribution in [3.8, 4) is 0 Å². The first-order valence-corrected chi connectivity index (χ1v) is 5.24. The number of nitrogens with zero attached hydrogens (tertiary/aromatic N) is 1. The molecule has 1 aromatic carbocycles. The third-order valence-electron chi connectivity index (χ3n) is 2.10. The van der Waals surface area contributed by atoms with Gasteiger partial charge in [-0.25, -0.2) is 0 Å². The van der Waals surface area contributed by atoms with Crippen molar-refractivity contribution in [2.24, 2.45) is 0 Å². The van der Waals surface area contributed by atoms with Crippen LogP contribution in [0.4, 0.5) is 11.4 Å². The lowest BCUT2D eigenvalue weighted by atomic mass is 10.2. The van der Waals surface area contributed by atoms with Crippen molar-refractivity contribution in [2.45, 2.75) is 19.4 Å². The van der Waals surface area contributed by atoms with Crippen molar-refractivity contribution >= 4 is 23.0 Å². The molecule has 1 aromatic rings. The maximum Gasteiger partial charge on any atom is 0.293 e. The normalized spacial score (nSPS) is 11.9. The quantitative estimate of drug-likeness (QED) is 0.486. The van der Waals surface area contributed by atoms with Crippen molar-refractivity contribution < 1.29 is 4.92 Å². The van der Waals surface area contributed by atoms with Gasteiger partial charge in [0.25, 0.3) is 5.69 Å². The Hall–Kier alpha value is -1.55. The number of nitro benzene ring substituents is 1. The molecule has 1 unspecified atom stereocenters. The summed E-state index contributed by atoms with van der Waals surface area (Å²) in [5.74, 6) is 0. The van der Waals surface area contributed by atoms with Crippen LogP contribution in [0.15, 0.2) is 30.9 Å². The second-order valence-electron chi connectivity index (χ2n) is 3.46. The molecule has 0 heterocycles. The van der Waals surface area contributed by atoms with Crippen LogP contribution in [-0.2, 0) is 0 Å². The molecular weight excluding hydrogens is 228 g/mol. The van der Waals surface area contributed by atoms with Crippen molar-refractivity contribution in [1.29, 1.82) is 0 Å². The third kappa shape index (κ3) is 2.97. The Morgan fingerprint density at radius 1 is 1.69 bits per heavy atom. The summed E-state index contributed by atoms with van der Waals surface area (Å²) >= 11 is 5.92. The molecule has 16 heavy (non-hydrogen) atoms. The molecule has 1 rings (SSSR count). The van der Waals surface area contributed by atoms with Gasteiger partial charge in [0.05, 0.1) is 9.95 Å². The molecule has 5 heteroatoms. The predicted octanol–water partition coefficient (Wildman–Crippen LogP) is 3.62. The highest BCUT2D eigenvalue weighted by molar-refractivity contribution is 6.33. The summed E-state index contributed by atoms with van der Waals surface area (Å²) < 4.78 is 0. The number of anilines is 1. The number of nitro groups is 1. The second-order valence-corrected chi connectivity index (χ2v) is 3.87. The minimum Gasteiger partial charge on any atom is -0.376 e. The van der Waals surface area contributed by atoms with Gasteiger partial charge in [-0.2, -0.15) is 0 Å². The van der Waals surface area contributed by atoms with E-state index in [9.17, 15) is 10.1 Å². The zero-order chi connectivity index (χ0) is 12.1. The smallest absolute Gasteiger partial charge is 0.293 e. The van der Waals surface area contributed by atoms with E-state index in [-0.39, 0.29) is 11.7 Å². The van der Waals surface area contributed by atoms with Crippen LogP contribution < -0.4 is 5.32 Å². The number of para-hydroxylation sites is 1. The van der Waals surface area contributed by atoms with Crippen LogP contribution in [0, 0.1) is 10.1 Å². The summed E-state index contributed by atoms with van der Waals surface area (Å²) in [6, 6.07) is 4.66. The van der Waals surface area contributed by atoms with Gasteiger partial charge in [-0.05, 0) is 19.4 Å². The van der Waals surface area contributed by atoms with Gasteiger partial charge < -0.3 is 5.32 Å². The molecule has 0 saturated carbocycles. The highest BCUT2D eigenvalue weighted by Crippen LogP contribution is 2.32. The summed E-state index contributed by atoms with van der Waals surface area (Å²) in [6.07, 6.45) is 2.46. The van der Waals surface area contributed by atoms with Gasteiger partial charge in [-0.15, -0.1) is 6.58 Å². The highest BCUT2D eigenvalue weighted by atomic mass is 35.5. The first kappa shape index (κ1) is 12.5. The molecule has 0 fully saturated rings. The zero-order valence-electron chi connectivity index (χ0n) is 8.94. The topological polar surface area (TPSA) is 55.2 Å². The van der Waals surface area contributed by atoms with Gasteiger partial charge in [-0.1, -0.05) is 23.7 Å². The molecular formula is C11H13ClN2O2. The fraction of sp³-hybridized carbons (Fsp3) is 0.273. The Kier molecular flexibility index (Phi) is 4.31. The van der Waals surface area contributed by atoms with Crippen molar-refractivity contribution in [3.63, 3.8) is 0 Å². The van der Waals surface area contributed by atoms with Gasteiger partial charge in [0, 0.05) is 12.1 Å². The second kappa shape index (κ2) is 5.51. The van der Waals surface area contributed by atoms with E-state index in [0.29, 0.717) is 17.1 Å². The minimum absolute atomic E-state index is 0.0107. The summed E-state index contributed by atoms with van der Waals surface area (Å²) in [5, 5.41) is 14.2. The molecule has 0 amide bonds. The van der Waals surface area contributed by atoms with E-state index >= 15 is 0 Å². The summed E-state index contributed by atoms with van der Waals surface area (Å²) in [7, 11) is 0. The van der Waals surface area contributed by atoms with Crippen molar-refractivity contribution in [3.05, 3.63) is 46.0 Å². The Bertz CT molecular complexity index is 407. The molecule has 0 aliphatic carbocycles. The standard InChI is InChI=1S/C11H13ClN2O2/c1-3-5-8(2)13-11-9(12)6-4-7-10(11)14(15)16/h3-4,6-8,13H,1,5H2,2H3. The molecule has 0 saturated heterocycles. The first-order chi connectivity index (χ1) is 7.56. The molecule has 0 radical (unpaired) electrons. The summed E-state index contributed by atoms with van der Waals surface area (Å²) in [6.45, 7) is 5.53. The SMILES string of the molecule is C=CCC(C)Nc1c(Cl)cccc1[N+](=O)[O-]. The Morgan fingerprint density at radius 3 is 2.94 bits per heavy atom. The molecule has 4 nitrogen and oxygen atoms in total. The number of rotatable bonds is 5. The van der Waals surface area contributed by atoms with E-state index in [1.165, 1.54) is 6.07 Å². The van der Waals surface area contributed by atoms with Crippen molar-refractivity contribution in [1.82, 2.24) is 0 Å². The minimum atomic E-state index is -0.450. The molecule has 0 bridgehead atoms. The number of benzene rings is 1.